The molecule has 3 rings (SSSR count). The summed E-state index contributed by atoms with van der Waals surface area (Å²) in [5, 5.41) is 3.17. The third-order valence-corrected chi connectivity index (χ3v) is 4.25. The first-order valence-electron chi connectivity index (χ1n) is 9.26. The molecular weight excluding hydrogens is 320 g/mol. The molecule has 0 aromatic carbocycles. The summed E-state index contributed by atoms with van der Waals surface area (Å²) >= 11 is 0. The number of nitrogen functional groups attached to an aromatic ring is 1. The number of rotatable bonds is 6. The smallest absolute Gasteiger partial charge is 0.327 e. The third kappa shape index (κ3) is 4.72. The van der Waals surface area contributed by atoms with E-state index in [1.54, 1.807) is 4.57 Å². The van der Waals surface area contributed by atoms with Gasteiger partial charge in [-0.2, -0.15) is 9.97 Å². The monoisotopic (exact) mass is 350 g/mol. The maximum Gasteiger partial charge on any atom is 0.327 e. The Labute approximate surface area is 148 Å². The van der Waals surface area contributed by atoms with Crippen LogP contribution in [-0.4, -0.2) is 39.3 Å². The van der Waals surface area contributed by atoms with Gasteiger partial charge in [-0.15, -0.1) is 0 Å². The SMILES string of the molecule is CC.CCCCNc1nc(N)c2[nH]c(=O)n(CC3CCOCC3)c2n1. The molecule has 2 aromatic heterocycles. The standard InChI is InChI=1S/C15H24N6O2.C2H6/c1-2-3-6-17-14-19-12(16)11-13(20-14)21(15(22)18-11)9-10-4-7-23-8-5-10;1-2/h10H,2-9H2,1H3,(H,18,22)(H3,16,17,19,20);1-2H3. The number of hydrogen-bond acceptors (Lipinski definition) is 6. The maximum absolute atomic E-state index is 12.3. The Hall–Kier alpha value is -2.09. The molecule has 140 valence electrons. The lowest BCUT2D eigenvalue weighted by Gasteiger charge is -2.22. The van der Waals surface area contributed by atoms with Crippen molar-refractivity contribution in [2.24, 2.45) is 5.92 Å². The lowest BCUT2D eigenvalue weighted by molar-refractivity contribution is 0.0613. The van der Waals surface area contributed by atoms with E-state index in [1.165, 1.54) is 0 Å². The van der Waals surface area contributed by atoms with Crippen molar-refractivity contribution in [3.05, 3.63) is 10.5 Å². The number of aromatic nitrogens is 4. The predicted molar refractivity (Wildman–Crippen MR) is 101 cm³/mol. The van der Waals surface area contributed by atoms with Crippen molar-refractivity contribution in [2.75, 3.05) is 30.8 Å². The Balaban J connectivity index is 0.00000109. The van der Waals surface area contributed by atoms with E-state index in [2.05, 4.69) is 27.2 Å². The van der Waals surface area contributed by atoms with Gasteiger partial charge in [0.2, 0.25) is 5.95 Å². The zero-order valence-corrected chi connectivity index (χ0v) is 15.5. The molecule has 0 atom stereocenters. The van der Waals surface area contributed by atoms with Crippen LogP contribution in [0.25, 0.3) is 11.2 Å². The number of hydrogen-bond donors (Lipinski definition) is 3. The number of unbranched alkanes of at least 4 members (excludes halogenated alkanes) is 1. The Bertz CT molecular complexity index is 718. The van der Waals surface area contributed by atoms with E-state index in [1.807, 2.05) is 13.8 Å². The van der Waals surface area contributed by atoms with Crippen molar-refractivity contribution >= 4 is 22.9 Å². The van der Waals surface area contributed by atoms with Gasteiger partial charge in [0.05, 0.1) is 0 Å². The lowest BCUT2D eigenvalue weighted by Crippen LogP contribution is -2.26. The fourth-order valence-corrected chi connectivity index (χ4v) is 2.86. The molecule has 1 fully saturated rings. The van der Waals surface area contributed by atoms with E-state index >= 15 is 0 Å². The minimum absolute atomic E-state index is 0.182. The van der Waals surface area contributed by atoms with E-state index in [-0.39, 0.29) is 5.69 Å². The van der Waals surface area contributed by atoms with Crippen molar-refractivity contribution in [3.8, 4) is 0 Å². The molecule has 2 aromatic rings. The topological polar surface area (TPSA) is 111 Å². The minimum Gasteiger partial charge on any atom is -0.382 e. The summed E-state index contributed by atoms with van der Waals surface area (Å²) in [5.41, 5.74) is 6.89. The number of imidazole rings is 1. The minimum atomic E-state index is -0.182. The number of anilines is 2. The molecule has 3 heterocycles. The predicted octanol–water partition coefficient (Wildman–Crippen LogP) is 2.37. The molecule has 0 aliphatic carbocycles. The van der Waals surface area contributed by atoms with Crippen LogP contribution in [-0.2, 0) is 11.3 Å². The fourth-order valence-electron chi connectivity index (χ4n) is 2.86. The summed E-state index contributed by atoms with van der Waals surface area (Å²) in [4.78, 5) is 23.8. The van der Waals surface area contributed by atoms with E-state index in [4.69, 9.17) is 10.5 Å². The second-order valence-electron chi connectivity index (χ2n) is 6.01. The summed E-state index contributed by atoms with van der Waals surface area (Å²) < 4.78 is 7.05. The van der Waals surface area contributed by atoms with Gasteiger partial charge in [-0.05, 0) is 25.2 Å². The van der Waals surface area contributed by atoms with Crippen LogP contribution < -0.4 is 16.7 Å². The van der Waals surface area contributed by atoms with Gasteiger partial charge in [0, 0.05) is 26.3 Å². The summed E-state index contributed by atoms with van der Waals surface area (Å²) in [6, 6.07) is 0. The normalized spacial score (nSPS) is 15.0. The first-order chi connectivity index (χ1) is 12.2. The molecule has 0 bridgehead atoms. The quantitative estimate of drug-likeness (QED) is 0.690. The molecule has 4 N–H and O–H groups in total. The van der Waals surface area contributed by atoms with Crippen LogP contribution in [0.5, 0.6) is 0 Å². The molecule has 0 radical (unpaired) electrons. The highest BCUT2D eigenvalue weighted by Gasteiger charge is 2.19. The largest absolute Gasteiger partial charge is 0.382 e. The highest BCUT2D eigenvalue weighted by Crippen LogP contribution is 2.21. The molecule has 1 aliphatic rings. The third-order valence-electron chi connectivity index (χ3n) is 4.25. The van der Waals surface area contributed by atoms with Gasteiger partial charge >= 0.3 is 5.69 Å². The number of fused-ring (bicyclic) bond motifs is 1. The number of nitrogens with two attached hydrogens (primary N) is 1. The van der Waals surface area contributed by atoms with Crippen LogP contribution >= 0.6 is 0 Å². The van der Waals surface area contributed by atoms with E-state index in [9.17, 15) is 4.79 Å². The first kappa shape index (κ1) is 19.2. The number of nitrogens with one attached hydrogen (secondary N) is 2. The van der Waals surface area contributed by atoms with Gasteiger partial charge in [-0.1, -0.05) is 27.2 Å². The molecule has 1 saturated heterocycles. The van der Waals surface area contributed by atoms with Crippen molar-refractivity contribution in [3.63, 3.8) is 0 Å². The average molecular weight is 350 g/mol. The molecule has 8 nitrogen and oxygen atoms in total. The van der Waals surface area contributed by atoms with Crippen molar-refractivity contribution in [2.45, 2.75) is 53.0 Å². The maximum atomic E-state index is 12.3. The molecule has 0 saturated carbocycles. The van der Waals surface area contributed by atoms with Crippen molar-refractivity contribution in [1.29, 1.82) is 0 Å². The lowest BCUT2D eigenvalue weighted by atomic mass is 10.0. The zero-order valence-electron chi connectivity index (χ0n) is 15.5. The van der Waals surface area contributed by atoms with E-state index in [0.29, 0.717) is 35.4 Å². The van der Waals surface area contributed by atoms with Gasteiger partial charge in [-0.3, -0.25) is 4.57 Å². The Kier molecular flexibility index (Phi) is 7.24. The molecule has 8 heteroatoms. The Morgan fingerprint density at radius 1 is 1.32 bits per heavy atom. The summed E-state index contributed by atoms with van der Waals surface area (Å²) in [7, 11) is 0. The van der Waals surface area contributed by atoms with E-state index in [0.717, 1.165) is 45.4 Å². The van der Waals surface area contributed by atoms with Crippen LogP contribution in [0.1, 0.15) is 46.5 Å². The molecular formula is C17H30N6O2. The Morgan fingerprint density at radius 3 is 2.72 bits per heavy atom. The number of H-pyrrole nitrogens is 1. The van der Waals surface area contributed by atoms with Gasteiger partial charge in [0.1, 0.15) is 5.52 Å². The second kappa shape index (κ2) is 9.41. The highest BCUT2D eigenvalue weighted by molar-refractivity contribution is 5.82. The molecule has 25 heavy (non-hydrogen) atoms. The summed E-state index contributed by atoms with van der Waals surface area (Å²) in [6.45, 7) is 9.05. The van der Waals surface area contributed by atoms with Crippen molar-refractivity contribution in [1.82, 2.24) is 19.5 Å². The van der Waals surface area contributed by atoms with Crippen LogP contribution in [0.3, 0.4) is 0 Å². The highest BCUT2D eigenvalue weighted by atomic mass is 16.5. The fraction of sp³-hybridized carbons (Fsp3) is 0.706. The van der Waals surface area contributed by atoms with Crippen LogP contribution in [0.4, 0.5) is 11.8 Å². The van der Waals surface area contributed by atoms with Crippen LogP contribution in [0.15, 0.2) is 4.79 Å². The van der Waals surface area contributed by atoms with E-state index < -0.39 is 0 Å². The van der Waals surface area contributed by atoms with Gasteiger partial charge in [0.15, 0.2) is 11.5 Å². The van der Waals surface area contributed by atoms with Crippen LogP contribution in [0, 0.1) is 5.92 Å². The summed E-state index contributed by atoms with van der Waals surface area (Å²) in [6.07, 6.45) is 4.04. The number of ether oxygens (including phenoxy) is 1. The second-order valence-corrected chi connectivity index (χ2v) is 6.01. The van der Waals surface area contributed by atoms with Gasteiger partial charge < -0.3 is 20.8 Å². The van der Waals surface area contributed by atoms with Crippen LogP contribution in [0.2, 0.25) is 0 Å². The first-order valence-corrected chi connectivity index (χ1v) is 9.26. The van der Waals surface area contributed by atoms with Gasteiger partial charge in [-0.25, -0.2) is 4.79 Å². The zero-order chi connectivity index (χ0) is 18.2. The average Bonchev–Trinajstić information content (AvgIpc) is 2.95. The number of aromatic amines is 1. The molecule has 0 spiro atoms. The Morgan fingerprint density at radius 2 is 2.04 bits per heavy atom. The molecule has 0 amide bonds. The summed E-state index contributed by atoms with van der Waals surface area (Å²) in [5.74, 6) is 1.20. The number of nitrogens with zero attached hydrogens (tertiary/aromatic N) is 3. The van der Waals surface area contributed by atoms with Crippen molar-refractivity contribution < 1.29 is 4.74 Å². The van der Waals surface area contributed by atoms with Gasteiger partial charge in [0.25, 0.3) is 0 Å². The molecule has 0 unspecified atom stereocenters. The molecule has 1 aliphatic heterocycles.